The van der Waals surface area contributed by atoms with Gasteiger partial charge in [-0.25, -0.2) is 8.42 Å². The third-order valence-electron chi connectivity index (χ3n) is 3.89. The zero-order valence-corrected chi connectivity index (χ0v) is 14.2. The highest BCUT2D eigenvalue weighted by Gasteiger charge is 2.34. The van der Waals surface area contributed by atoms with Crippen LogP contribution in [0, 0.1) is 0 Å². The van der Waals surface area contributed by atoms with E-state index >= 15 is 0 Å². The molecule has 0 aliphatic carbocycles. The number of hydrogen-bond acceptors (Lipinski definition) is 5. The number of para-hydroxylation sites is 1. The maximum absolute atomic E-state index is 12.4. The lowest BCUT2D eigenvalue weighted by molar-refractivity contribution is 0.174. The van der Waals surface area contributed by atoms with Crippen molar-refractivity contribution in [3.05, 3.63) is 29.8 Å². The normalized spacial score (nSPS) is 21.3. The molecule has 118 valence electrons. The molecule has 0 saturated carbocycles. The fraction of sp³-hybridized carbons (Fsp3) is 0.600. The van der Waals surface area contributed by atoms with E-state index < -0.39 is 21.3 Å². The van der Waals surface area contributed by atoms with E-state index in [0.717, 1.165) is 17.0 Å². The van der Waals surface area contributed by atoms with Crippen LogP contribution in [0.25, 0.3) is 0 Å². The Morgan fingerprint density at radius 2 is 2.10 bits per heavy atom. The molecule has 1 saturated heterocycles. The first-order valence-electron chi connectivity index (χ1n) is 7.34. The van der Waals surface area contributed by atoms with Gasteiger partial charge in [0.2, 0.25) is 0 Å². The molecular formula is C15H23NO3S2. The van der Waals surface area contributed by atoms with E-state index in [-0.39, 0.29) is 5.75 Å². The average Bonchev–Trinajstić information content (AvgIpc) is 2.54. The first-order valence-corrected chi connectivity index (χ1v) is 10.2. The predicted molar refractivity (Wildman–Crippen MR) is 89.6 cm³/mol. The molecule has 2 atom stereocenters. The minimum atomic E-state index is -3.14. The van der Waals surface area contributed by atoms with E-state index in [1.54, 1.807) is 18.7 Å². The molecule has 6 heteroatoms. The van der Waals surface area contributed by atoms with Crippen LogP contribution in [-0.2, 0) is 9.84 Å². The van der Waals surface area contributed by atoms with Crippen LogP contribution in [0.1, 0.15) is 31.9 Å². The van der Waals surface area contributed by atoms with Crippen molar-refractivity contribution in [2.45, 2.75) is 31.7 Å². The van der Waals surface area contributed by atoms with Crippen LogP contribution < -0.4 is 4.90 Å². The molecule has 0 amide bonds. The van der Waals surface area contributed by atoms with Crippen LogP contribution in [0.3, 0.4) is 0 Å². The summed E-state index contributed by atoms with van der Waals surface area (Å²) < 4.78 is 24.7. The second-order valence-corrected chi connectivity index (χ2v) is 8.75. The summed E-state index contributed by atoms with van der Waals surface area (Å²) in [6, 6.07) is 7.60. The third-order valence-corrected chi connectivity index (χ3v) is 7.18. The molecule has 0 spiro atoms. The van der Waals surface area contributed by atoms with Crippen molar-refractivity contribution in [1.29, 1.82) is 0 Å². The maximum Gasteiger partial charge on any atom is 0.171 e. The minimum absolute atomic E-state index is 0.146. The van der Waals surface area contributed by atoms with Crippen LogP contribution in [0.15, 0.2) is 24.3 Å². The molecule has 1 aliphatic heterocycles. The molecule has 4 nitrogen and oxygen atoms in total. The first kappa shape index (κ1) is 16.6. The molecule has 1 aromatic carbocycles. The van der Waals surface area contributed by atoms with Crippen molar-refractivity contribution < 1.29 is 13.5 Å². The van der Waals surface area contributed by atoms with Gasteiger partial charge in [0.05, 0.1) is 6.10 Å². The van der Waals surface area contributed by atoms with Gasteiger partial charge in [0.1, 0.15) is 5.37 Å². The Balaban J connectivity index is 2.43. The second kappa shape index (κ2) is 7.03. The summed E-state index contributed by atoms with van der Waals surface area (Å²) in [6.45, 7) is 4.31. The van der Waals surface area contributed by atoms with Gasteiger partial charge < -0.3 is 10.0 Å². The van der Waals surface area contributed by atoms with Crippen molar-refractivity contribution in [1.82, 2.24) is 0 Å². The minimum Gasteiger partial charge on any atom is -0.388 e. The van der Waals surface area contributed by atoms with Gasteiger partial charge in [-0.3, -0.25) is 0 Å². The monoisotopic (exact) mass is 329 g/mol. The van der Waals surface area contributed by atoms with Gasteiger partial charge in [-0.2, -0.15) is 11.8 Å². The van der Waals surface area contributed by atoms with Crippen molar-refractivity contribution in [2.75, 3.05) is 28.7 Å². The molecule has 1 aliphatic rings. The number of hydrogen-bond donors (Lipinski definition) is 1. The lowest BCUT2D eigenvalue weighted by Gasteiger charge is -2.38. The molecular weight excluding hydrogens is 306 g/mol. The van der Waals surface area contributed by atoms with Crippen LogP contribution in [-0.4, -0.2) is 42.7 Å². The quantitative estimate of drug-likeness (QED) is 0.899. The Hall–Kier alpha value is -0.720. The van der Waals surface area contributed by atoms with Gasteiger partial charge in [-0.1, -0.05) is 32.0 Å². The largest absolute Gasteiger partial charge is 0.388 e. The second-order valence-electron chi connectivity index (χ2n) is 5.16. The number of aliphatic hydroxyl groups is 1. The Labute approximate surface area is 131 Å². The lowest BCUT2D eigenvalue weighted by Crippen LogP contribution is -2.48. The Morgan fingerprint density at radius 1 is 1.38 bits per heavy atom. The zero-order chi connectivity index (χ0) is 15.5. The molecule has 0 aromatic heterocycles. The van der Waals surface area contributed by atoms with Crippen molar-refractivity contribution >= 4 is 27.3 Å². The molecule has 1 unspecified atom stereocenters. The molecule has 0 radical (unpaired) electrons. The summed E-state index contributed by atoms with van der Waals surface area (Å²) in [6.07, 6.45) is 0.0610. The predicted octanol–water partition coefficient (Wildman–Crippen LogP) is 2.44. The van der Waals surface area contributed by atoms with Crippen LogP contribution >= 0.6 is 11.8 Å². The molecule has 1 N–H and O–H groups in total. The number of sulfone groups is 1. The highest BCUT2D eigenvalue weighted by atomic mass is 32.2. The highest BCUT2D eigenvalue weighted by Crippen LogP contribution is 2.33. The molecule has 1 fully saturated rings. The summed E-state index contributed by atoms with van der Waals surface area (Å²) in [4.78, 5) is 1.96. The number of aliphatic hydroxyl groups excluding tert-OH is 1. The van der Waals surface area contributed by atoms with Gasteiger partial charge in [-0.15, -0.1) is 0 Å². The standard InChI is InChI=1S/C15H23NO3S2/c1-3-14(17)12-7-5-6-8-13(12)16-9-10-20-11-15(16)21(18,19)4-2/h5-8,14-15,17H,3-4,9-11H2,1-2H3/t14-,15?/m0/s1. The maximum atomic E-state index is 12.4. The summed E-state index contributed by atoms with van der Waals surface area (Å²) >= 11 is 1.68. The van der Waals surface area contributed by atoms with Gasteiger partial charge in [0.25, 0.3) is 0 Å². The lowest BCUT2D eigenvalue weighted by atomic mass is 10.0. The fourth-order valence-corrected chi connectivity index (χ4v) is 5.58. The van der Waals surface area contributed by atoms with Gasteiger partial charge in [0, 0.05) is 35.1 Å². The van der Waals surface area contributed by atoms with E-state index in [1.807, 2.05) is 36.1 Å². The number of rotatable bonds is 5. The van der Waals surface area contributed by atoms with Gasteiger partial charge in [0.15, 0.2) is 9.84 Å². The summed E-state index contributed by atoms with van der Waals surface area (Å²) in [5.41, 5.74) is 1.68. The molecule has 1 heterocycles. The highest BCUT2D eigenvalue weighted by molar-refractivity contribution is 8.01. The fourth-order valence-electron chi connectivity index (χ4n) is 2.60. The number of nitrogens with zero attached hydrogens (tertiary/aromatic N) is 1. The van der Waals surface area contributed by atoms with Crippen molar-refractivity contribution in [3.8, 4) is 0 Å². The summed E-state index contributed by atoms with van der Waals surface area (Å²) in [5.74, 6) is 1.65. The zero-order valence-electron chi connectivity index (χ0n) is 12.5. The SMILES string of the molecule is CC[C@H](O)c1ccccc1N1CCSCC1S(=O)(=O)CC. The Kier molecular flexibility index (Phi) is 5.57. The molecule has 0 bridgehead atoms. The van der Waals surface area contributed by atoms with E-state index in [9.17, 15) is 13.5 Å². The topological polar surface area (TPSA) is 57.6 Å². The third kappa shape index (κ3) is 3.55. The van der Waals surface area contributed by atoms with Crippen LogP contribution in [0.5, 0.6) is 0 Å². The van der Waals surface area contributed by atoms with Gasteiger partial charge >= 0.3 is 0 Å². The summed E-state index contributed by atoms with van der Waals surface area (Å²) in [5, 5.41) is 9.71. The smallest absolute Gasteiger partial charge is 0.171 e. The van der Waals surface area contributed by atoms with Crippen molar-refractivity contribution in [2.24, 2.45) is 0 Å². The molecule has 1 aromatic rings. The average molecular weight is 329 g/mol. The molecule has 21 heavy (non-hydrogen) atoms. The Bertz CT molecular complexity index is 574. The number of benzene rings is 1. The summed E-state index contributed by atoms with van der Waals surface area (Å²) in [7, 11) is -3.14. The van der Waals surface area contributed by atoms with Crippen molar-refractivity contribution in [3.63, 3.8) is 0 Å². The van der Waals surface area contributed by atoms with Gasteiger partial charge in [-0.05, 0) is 12.5 Å². The van der Waals surface area contributed by atoms with E-state index in [0.29, 0.717) is 18.7 Å². The van der Waals surface area contributed by atoms with E-state index in [2.05, 4.69) is 0 Å². The van der Waals surface area contributed by atoms with Crippen LogP contribution in [0.2, 0.25) is 0 Å². The van der Waals surface area contributed by atoms with E-state index in [1.165, 1.54) is 0 Å². The first-order chi connectivity index (χ1) is 10.0. The number of thioether (sulfide) groups is 1. The van der Waals surface area contributed by atoms with E-state index in [4.69, 9.17) is 0 Å². The Morgan fingerprint density at radius 3 is 2.76 bits per heavy atom. The van der Waals surface area contributed by atoms with Crippen LogP contribution in [0.4, 0.5) is 5.69 Å². The number of anilines is 1. The molecule has 2 rings (SSSR count).